The Morgan fingerprint density at radius 2 is 1.04 bits per heavy atom. The van der Waals surface area contributed by atoms with E-state index in [0.29, 0.717) is 11.1 Å². The van der Waals surface area contributed by atoms with Gasteiger partial charge < -0.3 is 40.7 Å². The van der Waals surface area contributed by atoms with Gasteiger partial charge in [0.2, 0.25) is 0 Å². The number of phenols is 6. The van der Waals surface area contributed by atoms with Gasteiger partial charge >= 0.3 is 5.97 Å². The van der Waals surface area contributed by atoms with Gasteiger partial charge in [-0.05, 0) is 66.3 Å². The van der Waals surface area contributed by atoms with E-state index < -0.39 is 46.4 Å². The summed E-state index contributed by atoms with van der Waals surface area (Å²) in [7, 11) is 0. The minimum atomic E-state index is -0.906. The van der Waals surface area contributed by atoms with Gasteiger partial charge in [0.15, 0.2) is 23.0 Å². The van der Waals surface area contributed by atoms with E-state index in [4.69, 9.17) is 4.74 Å². The summed E-state index contributed by atoms with van der Waals surface area (Å²) >= 11 is 0. The lowest BCUT2D eigenvalue weighted by Gasteiger charge is -2.20. The summed E-state index contributed by atoms with van der Waals surface area (Å²) in [5.41, 5.74) is 2.45. The minimum absolute atomic E-state index is 0.000916. The van der Waals surface area contributed by atoms with Crippen LogP contribution in [0.25, 0.3) is 32.7 Å². The van der Waals surface area contributed by atoms with Crippen molar-refractivity contribution in [2.24, 2.45) is 0 Å². The maximum absolute atomic E-state index is 13.5. The van der Waals surface area contributed by atoms with Crippen molar-refractivity contribution in [1.29, 1.82) is 0 Å². The molecule has 266 valence electrons. The Labute approximate surface area is 299 Å². The van der Waals surface area contributed by atoms with Crippen molar-refractivity contribution in [1.82, 2.24) is 5.32 Å². The molecule has 0 spiro atoms. The van der Waals surface area contributed by atoms with Crippen LogP contribution in [0.2, 0.25) is 0 Å². The molecule has 0 bridgehead atoms. The first-order chi connectivity index (χ1) is 24.8. The number of amides is 1. The maximum Gasteiger partial charge on any atom is 0.342 e. The molecule has 1 amide bonds. The molecule has 0 unspecified atom stereocenters. The fourth-order valence-electron chi connectivity index (χ4n) is 6.71. The maximum atomic E-state index is 13.5. The smallest absolute Gasteiger partial charge is 0.342 e. The van der Waals surface area contributed by atoms with Crippen LogP contribution in [0.3, 0.4) is 0 Å². The number of aromatic hydroxyl groups is 6. The van der Waals surface area contributed by atoms with E-state index in [1.807, 2.05) is 74.5 Å². The Morgan fingerprint density at radius 1 is 0.596 bits per heavy atom. The molecule has 0 saturated heterocycles. The van der Waals surface area contributed by atoms with Crippen LogP contribution in [0.4, 0.5) is 0 Å². The average Bonchev–Trinajstić information content (AvgIpc) is 3.13. The molecular formula is C42H39NO9. The minimum Gasteiger partial charge on any atom is -0.507 e. The first-order valence-electron chi connectivity index (χ1n) is 16.8. The Morgan fingerprint density at radius 3 is 1.54 bits per heavy atom. The number of aryl methyl sites for hydroxylation is 2. The normalized spacial score (nSPS) is 12.5. The van der Waals surface area contributed by atoms with E-state index in [2.05, 4.69) is 5.32 Å². The second kappa shape index (κ2) is 14.1. The molecule has 10 heteroatoms. The number of fused-ring (bicyclic) bond motifs is 2. The van der Waals surface area contributed by atoms with Gasteiger partial charge in [0.1, 0.15) is 17.1 Å². The molecule has 0 aliphatic heterocycles. The fourth-order valence-corrected chi connectivity index (χ4v) is 6.71. The summed E-state index contributed by atoms with van der Waals surface area (Å²) in [4.78, 5) is 26.9. The third kappa shape index (κ3) is 6.35. The van der Waals surface area contributed by atoms with Crippen LogP contribution < -0.4 is 5.32 Å². The molecule has 0 aliphatic rings. The van der Waals surface area contributed by atoms with E-state index in [1.54, 1.807) is 19.9 Å². The number of hydrogen-bond donors (Lipinski definition) is 7. The van der Waals surface area contributed by atoms with E-state index in [9.17, 15) is 40.2 Å². The quantitative estimate of drug-likeness (QED) is 0.0581. The highest BCUT2D eigenvalue weighted by Gasteiger charge is 2.28. The van der Waals surface area contributed by atoms with Crippen LogP contribution >= 0.6 is 0 Å². The van der Waals surface area contributed by atoms with Crippen molar-refractivity contribution in [3.05, 3.63) is 118 Å². The zero-order chi connectivity index (χ0) is 37.4. The zero-order valence-electron chi connectivity index (χ0n) is 29.1. The third-order valence-corrected chi connectivity index (χ3v) is 9.59. The van der Waals surface area contributed by atoms with E-state index in [1.165, 1.54) is 6.07 Å². The lowest BCUT2D eigenvalue weighted by molar-refractivity contribution is 0.0483. The molecule has 0 saturated carbocycles. The van der Waals surface area contributed by atoms with Crippen molar-refractivity contribution in [3.63, 3.8) is 0 Å². The third-order valence-electron chi connectivity index (χ3n) is 9.59. The SMILES string of the molecule is Cc1cc2c(C(=O)NC[C@H](C)c3ccccc3)c(O)c(O)cc2c(O)c1-c1c(C)cc2c(C(=O)OC[C@H](C)c3ccccc3)c(O)c(O)cc2c1O. The van der Waals surface area contributed by atoms with Gasteiger partial charge in [-0.1, -0.05) is 74.5 Å². The van der Waals surface area contributed by atoms with Gasteiger partial charge in [0.25, 0.3) is 5.91 Å². The summed E-state index contributed by atoms with van der Waals surface area (Å²) in [6, 6.07) is 24.3. The molecule has 0 heterocycles. The molecular weight excluding hydrogens is 662 g/mol. The van der Waals surface area contributed by atoms with Crippen molar-refractivity contribution < 1.29 is 45.0 Å². The number of nitrogens with one attached hydrogen (secondary N) is 1. The predicted molar refractivity (Wildman–Crippen MR) is 199 cm³/mol. The van der Waals surface area contributed by atoms with Crippen LogP contribution in [0.5, 0.6) is 34.5 Å². The first kappa shape index (κ1) is 35.4. The molecule has 2 atom stereocenters. The Bertz CT molecular complexity index is 2190. The van der Waals surface area contributed by atoms with Crippen molar-refractivity contribution in [3.8, 4) is 45.6 Å². The average molecular weight is 702 g/mol. The molecule has 0 aliphatic carbocycles. The highest BCUT2D eigenvalue weighted by atomic mass is 16.5. The lowest BCUT2D eigenvalue weighted by Crippen LogP contribution is -2.27. The number of esters is 1. The molecule has 0 fully saturated rings. The van der Waals surface area contributed by atoms with Crippen LogP contribution in [0.15, 0.2) is 84.9 Å². The summed E-state index contributed by atoms with van der Waals surface area (Å²) in [5.74, 6) is -5.26. The number of hydrogen-bond acceptors (Lipinski definition) is 9. The number of carbonyl (C=O) groups is 2. The topological polar surface area (TPSA) is 177 Å². The Hall–Kier alpha value is -6.42. The van der Waals surface area contributed by atoms with Gasteiger partial charge in [0.05, 0.1) is 12.2 Å². The number of phenolic OH excluding ortho intramolecular Hbond substituents is 6. The van der Waals surface area contributed by atoms with E-state index >= 15 is 0 Å². The van der Waals surface area contributed by atoms with Gasteiger partial charge in [0, 0.05) is 45.1 Å². The Balaban J connectivity index is 1.41. The molecule has 6 rings (SSSR count). The van der Waals surface area contributed by atoms with Crippen molar-refractivity contribution in [2.75, 3.05) is 13.2 Å². The molecule has 7 N–H and O–H groups in total. The van der Waals surface area contributed by atoms with E-state index in [-0.39, 0.29) is 68.8 Å². The van der Waals surface area contributed by atoms with Crippen molar-refractivity contribution >= 4 is 33.4 Å². The van der Waals surface area contributed by atoms with Gasteiger partial charge in [-0.3, -0.25) is 4.79 Å². The monoisotopic (exact) mass is 701 g/mol. The van der Waals surface area contributed by atoms with Gasteiger partial charge in [-0.25, -0.2) is 4.79 Å². The summed E-state index contributed by atoms with van der Waals surface area (Å²) < 4.78 is 5.56. The van der Waals surface area contributed by atoms with Crippen LogP contribution in [0, 0.1) is 13.8 Å². The first-order valence-corrected chi connectivity index (χ1v) is 16.8. The highest BCUT2D eigenvalue weighted by Crippen LogP contribution is 2.51. The van der Waals surface area contributed by atoms with Crippen molar-refractivity contribution in [2.45, 2.75) is 39.5 Å². The largest absolute Gasteiger partial charge is 0.507 e. The predicted octanol–water partition coefficient (Wildman–Crippen LogP) is 8.00. The van der Waals surface area contributed by atoms with Gasteiger partial charge in [-0.15, -0.1) is 0 Å². The second-order valence-electron chi connectivity index (χ2n) is 13.2. The number of rotatable bonds is 9. The van der Waals surface area contributed by atoms with Crippen LogP contribution in [-0.2, 0) is 4.74 Å². The second-order valence-corrected chi connectivity index (χ2v) is 13.2. The van der Waals surface area contributed by atoms with Gasteiger partial charge in [-0.2, -0.15) is 0 Å². The summed E-state index contributed by atoms with van der Waals surface area (Å²) in [6.07, 6.45) is 0. The zero-order valence-corrected chi connectivity index (χ0v) is 29.1. The number of carbonyl (C=O) groups excluding carboxylic acids is 2. The highest BCUT2D eigenvalue weighted by molar-refractivity contribution is 6.15. The number of ether oxygens (including phenoxy) is 1. The number of benzene rings is 6. The molecule has 10 nitrogen and oxygen atoms in total. The van der Waals surface area contributed by atoms with E-state index in [0.717, 1.165) is 23.3 Å². The lowest BCUT2D eigenvalue weighted by atomic mass is 9.87. The Kier molecular flexibility index (Phi) is 9.58. The summed E-state index contributed by atoms with van der Waals surface area (Å²) in [6.45, 7) is 7.32. The molecule has 6 aromatic carbocycles. The molecule has 0 aromatic heterocycles. The molecule has 6 aromatic rings. The molecule has 0 radical (unpaired) electrons. The molecule has 52 heavy (non-hydrogen) atoms. The summed E-state index contributed by atoms with van der Waals surface area (Å²) in [5, 5.41) is 69.7. The van der Waals surface area contributed by atoms with Crippen LogP contribution in [0.1, 0.15) is 68.7 Å². The standard InChI is InChI=1S/C42H39NO9/c1-21-15-27-29(17-31(44)39(48)35(27)41(50)43-19-23(3)25-11-7-5-8-12-25)37(46)33(21)34-22(2)16-28-30(38(34)47)18-32(45)40(49)36(28)42(51)52-20-24(4)26-13-9-6-10-14-26/h5-18,23-24,44-49H,19-20H2,1-4H3,(H,43,50)/t23-,24-/m0/s1. The fraction of sp³-hybridized carbons (Fsp3) is 0.190. The van der Waals surface area contributed by atoms with Crippen LogP contribution in [-0.4, -0.2) is 55.7 Å².